The van der Waals surface area contributed by atoms with Gasteiger partial charge in [0.1, 0.15) is 0 Å². The van der Waals surface area contributed by atoms with Gasteiger partial charge in [-0.3, -0.25) is 4.79 Å². The molecule has 0 aliphatic rings. The Morgan fingerprint density at radius 1 is 1.28 bits per heavy atom. The maximum Gasteiger partial charge on any atom is 0.221 e. The van der Waals surface area contributed by atoms with Gasteiger partial charge in [0.25, 0.3) is 0 Å². The van der Waals surface area contributed by atoms with Crippen LogP contribution in [0.25, 0.3) is 0 Å². The number of halogens is 1. The molecule has 0 fully saturated rings. The number of sulfone groups is 1. The van der Waals surface area contributed by atoms with Crippen LogP contribution in [0.15, 0.2) is 46.8 Å². The number of amides is 1. The minimum absolute atomic E-state index is 0.0958. The van der Waals surface area contributed by atoms with Gasteiger partial charge < -0.3 is 5.32 Å². The van der Waals surface area contributed by atoms with Crippen LogP contribution in [0.5, 0.6) is 0 Å². The second-order valence-corrected chi connectivity index (χ2v) is 6.32. The minimum Gasteiger partial charge on any atom is -0.351 e. The third-order valence-corrected chi connectivity index (χ3v) is 4.04. The Hall–Kier alpha value is -1.33. The summed E-state index contributed by atoms with van der Waals surface area (Å²) in [7, 11) is -3.41. The molecule has 0 bridgehead atoms. The maximum absolute atomic E-state index is 11.9. The van der Waals surface area contributed by atoms with Crippen molar-refractivity contribution >= 4 is 27.3 Å². The molecule has 0 spiro atoms. The summed E-state index contributed by atoms with van der Waals surface area (Å²) in [6.45, 7) is 3.56. The summed E-state index contributed by atoms with van der Waals surface area (Å²) in [5, 5.41) is 2.77. The first kappa shape index (κ1) is 14.7. The maximum atomic E-state index is 11.9. The summed E-state index contributed by atoms with van der Waals surface area (Å²) in [5.74, 6) is -0.589. The normalized spacial score (nSPS) is 10.9. The summed E-state index contributed by atoms with van der Waals surface area (Å²) in [6.07, 6.45) is -0.0958. The van der Waals surface area contributed by atoms with Crippen molar-refractivity contribution in [1.29, 1.82) is 0 Å². The monoisotopic (exact) mass is 287 g/mol. The van der Waals surface area contributed by atoms with Crippen LogP contribution in [0.1, 0.15) is 6.42 Å². The molecule has 0 aliphatic heterocycles. The third-order valence-electron chi connectivity index (χ3n) is 2.18. The van der Waals surface area contributed by atoms with Crippen LogP contribution in [0.4, 0.5) is 0 Å². The molecule has 0 saturated heterocycles. The molecule has 0 heterocycles. The number of hydrogen-bond acceptors (Lipinski definition) is 3. The Labute approximate surface area is 112 Å². The molecule has 0 saturated carbocycles. The number of benzene rings is 1. The van der Waals surface area contributed by atoms with Crippen molar-refractivity contribution in [2.75, 3.05) is 12.3 Å². The Morgan fingerprint density at radius 2 is 1.89 bits per heavy atom. The lowest BCUT2D eigenvalue weighted by Gasteiger charge is -2.05. The standard InChI is InChI=1S/C12H14ClNO3S/c1-10(13)9-14-12(15)7-8-18(16,17)11-5-3-2-4-6-11/h2-6H,1,7-9H2,(H,14,15). The highest BCUT2D eigenvalue weighted by Gasteiger charge is 2.15. The van der Waals surface area contributed by atoms with E-state index in [0.717, 1.165) is 0 Å². The van der Waals surface area contributed by atoms with E-state index in [-0.39, 0.29) is 29.5 Å². The van der Waals surface area contributed by atoms with E-state index in [1.54, 1.807) is 18.2 Å². The summed E-state index contributed by atoms with van der Waals surface area (Å²) in [5.41, 5.74) is 0. The van der Waals surface area contributed by atoms with Gasteiger partial charge in [0.15, 0.2) is 9.84 Å². The lowest BCUT2D eigenvalue weighted by Crippen LogP contribution is -2.26. The second kappa shape index (κ2) is 6.56. The summed E-state index contributed by atoms with van der Waals surface area (Å²) in [6, 6.07) is 8.04. The molecule has 1 aromatic carbocycles. The van der Waals surface area contributed by atoms with E-state index in [1.165, 1.54) is 12.1 Å². The molecule has 0 aliphatic carbocycles. The first-order valence-electron chi connectivity index (χ1n) is 5.29. The fourth-order valence-corrected chi connectivity index (χ4v) is 2.58. The zero-order chi connectivity index (χ0) is 13.6. The molecule has 0 aromatic heterocycles. The molecule has 1 rings (SSSR count). The summed E-state index contributed by atoms with van der Waals surface area (Å²) in [4.78, 5) is 11.6. The lowest BCUT2D eigenvalue weighted by atomic mass is 10.4. The van der Waals surface area contributed by atoms with E-state index >= 15 is 0 Å². The Kier molecular flexibility index (Phi) is 5.37. The number of hydrogen-bond donors (Lipinski definition) is 1. The average molecular weight is 288 g/mol. The molecule has 1 aromatic rings. The molecule has 6 heteroatoms. The Morgan fingerprint density at radius 3 is 2.44 bits per heavy atom. The van der Waals surface area contributed by atoms with E-state index in [4.69, 9.17) is 11.6 Å². The van der Waals surface area contributed by atoms with E-state index < -0.39 is 9.84 Å². The van der Waals surface area contributed by atoms with Crippen molar-refractivity contribution in [1.82, 2.24) is 5.32 Å². The van der Waals surface area contributed by atoms with Gasteiger partial charge in [-0.15, -0.1) is 0 Å². The molecule has 18 heavy (non-hydrogen) atoms. The van der Waals surface area contributed by atoms with Crippen molar-refractivity contribution in [3.8, 4) is 0 Å². The molecule has 1 N–H and O–H groups in total. The number of carbonyl (C=O) groups excluding carboxylic acids is 1. The van der Waals surface area contributed by atoms with Gasteiger partial charge in [-0.25, -0.2) is 8.42 Å². The molecule has 0 radical (unpaired) electrons. The predicted molar refractivity (Wildman–Crippen MR) is 71.1 cm³/mol. The van der Waals surface area contributed by atoms with Crippen molar-refractivity contribution in [2.45, 2.75) is 11.3 Å². The number of nitrogens with one attached hydrogen (secondary N) is 1. The van der Waals surface area contributed by atoms with Crippen LogP contribution in [0.3, 0.4) is 0 Å². The Balaban J connectivity index is 2.53. The van der Waals surface area contributed by atoms with Gasteiger partial charge >= 0.3 is 0 Å². The molecule has 0 atom stereocenters. The zero-order valence-corrected chi connectivity index (χ0v) is 11.3. The minimum atomic E-state index is -3.41. The predicted octanol–water partition coefficient (Wildman–Crippen LogP) is 1.72. The van der Waals surface area contributed by atoms with Crippen molar-refractivity contribution < 1.29 is 13.2 Å². The van der Waals surface area contributed by atoms with Gasteiger partial charge in [-0.2, -0.15) is 0 Å². The smallest absolute Gasteiger partial charge is 0.221 e. The highest BCUT2D eigenvalue weighted by molar-refractivity contribution is 7.91. The molecular weight excluding hydrogens is 274 g/mol. The van der Waals surface area contributed by atoms with Crippen LogP contribution >= 0.6 is 11.6 Å². The first-order chi connectivity index (χ1) is 8.42. The van der Waals surface area contributed by atoms with Crippen LogP contribution in [-0.2, 0) is 14.6 Å². The van der Waals surface area contributed by atoms with Gasteiger partial charge in [0.2, 0.25) is 5.91 Å². The van der Waals surface area contributed by atoms with E-state index in [1.807, 2.05) is 0 Å². The zero-order valence-electron chi connectivity index (χ0n) is 9.73. The van der Waals surface area contributed by atoms with Gasteiger partial charge in [-0.05, 0) is 12.1 Å². The quantitative estimate of drug-likeness (QED) is 0.866. The fraction of sp³-hybridized carbons (Fsp3) is 0.250. The molecule has 4 nitrogen and oxygen atoms in total. The van der Waals surface area contributed by atoms with Crippen LogP contribution in [-0.4, -0.2) is 26.6 Å². The first-order valence-corrected chi connectivity index (χ1v) is 7.32. The largest absolute Gasteiger partial charge is 0.351 e. The topological polar surface area (TPSA) is 63.2 Å². The third kappa shape index (κ3) is 4.89. The van der Waals surface area contributed by atoms with Crippen molar-refractivity contribution in [2.24, 2.45) is 0 Å². The van der Waals surface area contributed by atoms with Crippen molar-refractivity contribution in [3.63, 3.8) is 0 Å². The lowest BCUT2D eigenvalue weighted by molar-refractivity contribution is -0.120. The molecule has 98 valence electrons. The van der Waals surface area contributed by atoms with Gasteiger partial charge in [-0.1, -0.05) is 36.4 Å². The highest BCUT2D eigenvalue weighted by Crippen LogP contribution is 2.10. The van der Waals surface area contributed by atoms with Crippen molar-refractivity contribution in [3.05, 3.63) is 41.9 Å². The molecular formula is C12H14ClNO3S. The van der Waals surface area contributed by atoms with Crippen LogP contribution in [0, 0.1) is 0 Å². The fourth-order valence-electron chi connectivity index (χ4n) is 1.26. The Bertz CT molecular complexity index is 526. The highest BCUT2D eigenvalue weighted by atomic mass is 35.5. The van der Waals surface area contributed by atoms with E-state index in [2.05, 4.69) is 11.9 Å². The summed E-state index contributed by atoms with van der Waals surface area (Å²) < 4.78 is 23.7. The van der Waals surface area contributed by atoms with E-state index in [9.17, 15) is 13.2 Å². The van der Waals surface area contributed by atoms with Gasteiger partial charge in [0, 0.05) is 11.5 Å². The summed E-state index contributed by atoms with van der Waals surface area (Å²) >= 11 is 5.48. The molecule has 0 unspecified atom stereocenters. The van der Waals surface area contributed by atoms with Crippen LogP contribution < -0.4 is 5.32 Å². The van der Waals surface area contributed by atoms with E-state index in [0.29, 0.717) is 5.03 Å². The average Bonchev–Trinajstić information content (AvgIpc) is 2.35. The van der Waals surface area contributed by atoms with Crippen LogP contribution in [0.2, 0.25) is 0 Å². The van der Waals surface area contributed by atoms with Gasteiger partial charge in [0.05, 0.1) is 17.2 Å². The number of rotatable bonds is 6. The SMILES string of the molecule is C=C(Cl)CNC(=O)CCS(=O)(=O)c1ccccc1. The second-order valence-electron chi connectivity index (χ2n) is 3.68. The number of carbonyl (C=O) groups is 1. The molecule has 1 amide bonds.